The van der Waals surface area contributed by atoms with E-state index in [9.17, 15) is 0 Å². The van der Waals surface area contributed by atoms with Gasteiger partial charge in [-0.25, -0.2) is 9.13 Å². The third kappa shape index (κ3) is 7.83. The molecule has 0 amide bonds. The lowest BCUT2D eigenvalue weighted by atomic mass is 10.1. The van der Waals surface area contributed by atoms with Crippen molar-refractivity contribution in [1.82, 2.24) is 4.57 Å². The SMILES string of the molecule is CCCCCCCCCCCCNc1ccccc1/N=N/c1n(C)cc[n+]1C. The van der Waals surface area contributed by atoms with E-state index in [1.807, 2.05) is 53.8 Å². The van der Waals surface area contributed by atoms with Gasteiger partial charge in [0.05, 0.1) is 32.2 Å². The molecule has 0 radical (unpaired) electrons. The van der Waals surface area contributed by atoms with Gasteiger partial charge in [0.25, 0.3) is 0 Å². The van der Waals surface area contributed by atoms with Crippen molar-refractivity contribution in [2.24, 2.45) is 24.3 Å². The maximum atomic E-state index is 4.46. The van der Waals surface area contributed by atoms with Crippen molar-refractivity contribution in [2.75, 3.05) is 11.9 Å². The molecule has 2 aromatic rings. The quantitative estimate of drug-likeness (QED) is 0.223. The molecule has 2 rings (SSSR count). The minimum absolute atomic E-state index is 0.824. The number of unbranched alkanes of at least 4 members (excludes halogenated alkanes) is 9. The second kappa shape index (κ2) is 13.1. The van der Waals surface area contributed by atoms with E-state index < -0.39 is 0 Å². The van der Waals surface area contributed by atoms with Crippen molar-refractivity contribution < 1.29 is 4.57 Å². The van der Waals surface area contributed by atoms with E-state index in [0.717, 1.165) is 23.9 Å². The van der Waals surface area contributed by atoms with Crippen molar-refractivity contribution in [3.63, 3.8) is 0 Å². The summed E-state index contributed by atoms with van der Waals surface area (Å²) in [4.78, 5) is 0. The highest BCUT2D eigenvalue weighted by atomic mass is 15.3. The first kappa shape index (κ1) is 22.1. The maximum absolute atomic E-state index is 4.46. The minimum Gasteiger partial charge on any atom is -0.383 e. The number of benzene rings is 1. The molecule has 0 fully saturated rings. The molecule has 5 nitrogen and oxygen atoms in total. The van der Waals surface area contributed by atoms with Gasteiger partial charge in [-0.2, -0.15) is 0 Å². The Balaban J connectivity index is 1.67. The Morgan fingerprint density at radius 3 is 2.18 bits per heavy atom. The van der Waals surface area contributed by atoms with Crippen LogP contribution in [0.5, 0.6) is 0 Å². The number of hydrogen-bond acceptors (Lipinski definition) is 3. The number of aryl methyl sites for hydroxylation is 2. The molecule has 5 heteroatoms. The summed E-state index contributed by atoms with van der Waals surface area (Å²) >= 11 is 0. The van der Waals surface area contributed by atoms with Gasteiger partial charge in [-0.05, 0) is 18.6 Å². The van der Waals surface area contributed by atoms with Crippen LogP contribution in [-0.2, 0) is 14.1 Å². The molecule has 0 atom stereocenters. The first-order valence-electron chi connectivity index (χ1n) is 11.0. The van der Waals surface area contributed by atoms with E-state index >= 15 is 0 Å². The van der Waals surface area contributed by atoms with Crippen LogP contribution in [0.15, 0.2) is 46.9 Å². The molecule has 0 aliphatic rings. The summed E-state index contributed by atoms with van der Waals surface area (Å²) in [5, 5.41) is 12.4. The highest BCUT2D eigenvalue weighted by Crippen LogP contribution is 2.26. The van der Waals surface area contributed by atoms with E-state index in [2.05, 4.69) is 28.5 Å². The average Bonchev–Trinajstić information content (AvgIpc) is 3.03. The van der Waals surface area contributed by atoms with Gasteiger partial charge in [0, 0.05) is 11.7 Å². The van der Waals surface area contributed by atoms with Crippen LogP contribution in [0, 0.1) is 0 Å². The van der Waals surface area contributed by atoms with Crippen molar-refractivity contribution in [2.45, 2.75) is 71.1 Å². The monoisotopic (exact) mass is 384 g/mol. The molecule has 0 aliphatic heterocycles. The zero-order valence-corrected chi connectivity index (χ0v) is 18.0. The second-order valence-electron chi connectivity index (χ2n) is 7.65. The molecule has 1 heterocycles. The average molecular weight is 385 g/mol. The Labute approximate surface area is 170 Å². The number of rotatable bonds is 14. The number of para-hydroxylation sites is 1. The Morgan fingerprint density at radius 1 is 0.893 bits per heavy atom. The van der Waals surface area contributed by atoms with Gasteiger partial charge in [-0.1, -0.05) is 82.0 Å². The third-order valence-corrected chi connectivity index (χ3v) is 5.14. The first-order chi connectivity index (χ1) is 13.7. The van der Waals surface area contributed by atoms with Gasteiger partial charge in [0.2, 0.25) is 0 Å². The van der Waals surface area contributed by atoms with Crippen molar-refractivity contribution in [3.8, 4) is 0 Å². The molecule has 0 aliphatic carbocycles. The van der Waals surface area contributed by atoms with Gasteiger partial charge in [0.1, 0.15) is 5.69 Å². The van der Waals surface area contributed by atoms with Gasteiger partial charge in [-0.3, -0.25) is 0 Å². The molecule has 0 bridgehead atoms. The molecule has 0 saturated carbocycles. The fourth-order valence-electron chi connectivity index (χ4n) is 3.37. The van der Waals surface area contributed by atoms with Crippen molar-refractivity contribution >= 4 is 17.3 Å². The molecule has 1 aromatic heterocycles. The molecule has 154 valence electrons. The fourth-order valence-corrected chi connectivity index (χ4v) is 3.37. The summed E-state index contributed by atoms with van der Waals surface area (Å²) in [7, 11) is 3.95. The van der Waals surface area contributed by atoms with Crippen LogP contribution >= 0.6 is 0 Å². The van der Waals surface area contributed by atoms with Gasteiger partial charge in [-0.15, -0.1) is 0 Å². The Morgan fingerprint density at radius 2 is 1.54 bits per heavy atom. The zero-order chi connectivity index (χ0) is 20.0. The minimum atomic E-state index is 0.824. The van der Waals surface area contributed by atoms with Crippen molar-refractivity contribution in [1.29, 1.82) is 0 Å². The normalized spacial score (nSPS) is 11.4. The number of azo groups is 1. The smallest absolute Gasteiger partial charge is 0.383 e. The lowest BCUT2D eigenvalue weighted by Crippen LogP contribution is -2.25. The summed E-state index contributed by atoms with van der Waals surface area (Å²) in [6.45, 7) is 3.26. The lowest BCUT2D eigenvalue weighted by Gasteiger charge is -2.08. The number of hydrogen-bond donors (Lipinski definition) is 1. The summed E-state index contributed by atoms with van der Waals surface area (Å²) in [5.41, 5.74) is 1.94. The molecular weight excluding hydrogens is 346 g/mol. The van der Waals surface area contributed by atoms with Crippen LogP contribution in [0.25, 0.3) is 0 Å². The van der Waals surface area contributed by atoms with Crippen LogP contribution in [0.2, 0.25) is 0 Å². The molecule has 28 heavy (non-hydrogen) atoms. The highest BCUT2D eigenvalue weighted by Gasteiger charge is 2.11. The van der Waals surface area contributed by atoms with Crippen LogP contribution in [-0.4, -0.2) is 11.1 Å². The molecule has 0 unspecified atom stereocenters. The number of nitrogens with zero attached hydrogens (tertiary/aromatic N) is 4. The van der Waals surface area contributed by atoms with Crippen LogP contribution in [0.4, 0.5) is 17.3 Å². The number of nitrogens with one attached hydrogen (secondary N) is 1. The lowest BCUT2D eigenvalue weighted by molar-refractivity contribution is -0.657. The molecule has 1 N–H and O–H groups in total. The Kier molecular flexibility index (Phi) is 10.3. The first-order valence-corrected chi connectivity index (χ1v) is 11.0. The predicted molar refractivity (Wildman–Crippen MR) is 118 cm³/mol. The van der Waals surface area contributed by atoms with Gasteiger partial charge in [0.15, 0.2) is 0 Å². The largest absolute Gasteiger partial charge is 0.421 e. The standard InChI is InChI=1S/C23H37N5/c1-4-5-6-7-8-9-10-11-12-15-18-24-21-16-13-14-17-22(21)25-26-23-27(2)19-20-28(23)3/h13-14,16-17,19-20H,4-12,15,18H2,1-3H3/p+1. The molecule has 0 saturated heterocycles. The van der Waals surface area contributed by atoms with Crippen LogP contribution < -0.4 is 9.88 Å². The second-order valence-corrected chi connectivity index (χ2v) is 7.65. The number of imidazole rings is 1. The summed E-state index contributed by atoms with van der Waals surface area (Å²) in [6.07, 6.45) is 17.6. The molecule has 0 spiro atoms. The van der Waals surface area contributed by atoms with E-state index in [4.69, 9.17) is 0 Å². The van der Waals surface area contributed by atoms with E-state index in [1.54, 1.807) is 0 Å². The topological polar surface area (TPSA) is 45.6 Å². The van der Waals surface area contributed by atoms with Gasteiger partial charge < -0.3 is 5.32 Å². The van der Waals surface area contributed by atoms with Gasteiger partial charge >= 0.3 is 5.95 Å². The summed E-state index contributed by atoms with van der Waals surface area (Å²) in [5.74, 6) is 0.824. The molecular formula is C23H38N5+. The fraction of sp³-hybridized carbons (Fsp3) is 0.609. The number of anilines is 1. The van der Waals surface area contributed by atoms with E-state index in [-0.39, 0.29) is 0 Å². The third-order valence-electron chi connectivity index (χ3n) is 5.14. The predicted octanol–water partition coefficient (Wildman–Crippen LogP) is 6.60. The van der Waals surface area contributed by atoms with Crippen LogP contribution in [0.1, 0.15) is 71.1 Å². The molecule has 1 aromatic carbocycles. The van der Waals surface area contributed by atoms with E-state index in [1.165, 1.54) is 64.2 Å². The zero-order valence-electron chi connectivity index (χ0n) is 18.0. The van der Waals surface area contributed by atoms with E-state index in [0.29, 0.717) is 0 Å². The summed E-state index contributed by atoms with van der Waals surface area (Å²) in [6, 6.07) is 8.14. The van der Waals surface area contributed by atoms with Crippen molar-refractivity contribution in [3.05, 3.63) is 36.7 Å². The van der Waals surface area contributed by atoms with Crippen LogP contribution in [0.3, 0.4) is 0 Å². The highest BCUT2D eigenvalue weighted by molar-refractivity contribution is 5.64. The number of aromatic nitrogens is 2. The summed E-state index contributed by atoms with van der Waals surface area (Å²) < 4.78 is 3.92. The Hall–Kier alpha value is -2.17. The maximum Gasteiger partial charge on any atom is 0.421 e. The Bertz CT molecular complexity index is 685.